The Kier molecular flexibility index (Phi) is 3.40. The number of aromatic nitrogens is 1. The molecule has 2 aromatic rings. The van der Waals surface area contributed by atoms with Gasteiger partial charge in [0.15, 0.2) is 11.5 Å². The highest BCUT2D eigenvalue weighted by Crippen LogP contribution is 2.35. The van der Waals surface area contributed by atoms with Crippen LogP contribution in [0.1, 0.15) is 23.5 Å². The average molecular weight is 304 g/mol. The lowest BCUT2D eigenvalue weighted by Gasteiger charge is -2.05. The van der Waals surface area contributed by atoms with Crippen LogP contribution in [-0.2, 0) is 13.2 Å². The molecule has 5 nitrogen and oxygen atoms in total. The number of benzene rings is 1. The molecule has 1 N–H and O–H groups in total. The molecule has 0 saturated heterocycles. The first kappa shape index (κ1) is 12.9. The van der Waals surface area contributed by atoms with Crippen molar-refractivity contribution in [3.05, 3.63) is 34.3 Å². The van der Waals surface area contributed by atoms with Crippen molar-refractivity contribution >= 4 is 11.3 Å². The van der Waals surface area contributed by atoms with E-state index in [1.54, 1.807) is 11.3 Å². The third kappa shape index (κ3) is 3.11. The first-order chi connectivity index (χ1) is 10.4. The molecule has 21 heavy (non-hydrogen) atoms. The summed E-state index contributed by atoms with van der Waals surface area (Å²) in [5, 5.41) is 6.63. The third-order valence-corrected chi connectivity index (χ3v) is 4.35. The second-order valence-electron chi connectivity index (χ2n) is 5.19. The van der Waals surface area contributed by atoms with Crippen molar-refractivity contribution in [3.63, 3.8) is 0 Å². The van der Waals surface area contributed by atoms with Crippen LogP contribution in [0.25, 0.3) is 0 Å². The summed E-state index contributed by atoms with van der Waals surface area (Å²) in [5.74, 6) is 2.27. The number of hydrogen-bond acceptors (Lipinski definition) is 6. The Morgan fingerprint density at radius 1 is 1.29 bits per heavy atom. The highest BCUT2D eigenvalue weighted by molar-refractivity contribution is 7.09. The maximum Gasteiger partial charge on any atom is 0.231 e. The van der Waals surface area contributed by atoms with Crippen molar-refractivity contribution in [2.45, 2.75) is 32.0 Å². The molecule has 1 aliphatic carbocycles. The lowest BCUT2D eigenvalue weighted by Crippen LogP contribution is -2.15. The first-order valence-corrected chi connectivity index (χ1v) is 7.94. The summed E-state index contributed by atoms with van der Waals surface area (Å²) in [6.07, 6.45) is 2.59. The van der Waals surface area contributed by atoms with Gasteiger partial charge in [-0.25, -0.2) is 4.98 Å². The van der Waals surface area contributed by atoms with Crippen molar-refractivity contribution in [2.75, 3.05) is 6.79 Å². The average Bonchev–Trinajstić information content (AvgIpc) is 3.04. The predicted octanol–water partition coefficient (Wildman–Crippen LogP) is 2.70. The van der Waals surface area contributed by atoms with Crippen molar-refractivity contribution in [1.82, 2.24) is 10.3 Å². The first-order valence-electron chi connectivity index (χ1n) is 7.06. The number of nitrogens with zero attached hydrogens (tertiary/aromatic N) is 1. The smallest absolute Gasteiger partial charge is 0.231 e. The fourth-order valence-corrected chi connectivity index (χ4v) is 2.87. The van der Waals surface area contributed by atoms with Gasteiger partial charge in [0.2, 0.25) is 6.79 Å². The second-order valence-corrected chi connectivity index (χ2v) is 6.13. The summed E-state index contributed by atoms with van der Waals surface area (Å²) in [6.45, 7) is 1.61. The van der Waals surface area contributed by atoms with Gasteiger partial charge >= 0.3 is 0 Å². The van der Waals surface area contributed by atoms with E-state index < -0.39 is 0 Å². The number of fused-ring (bicyclic) bond motifs is 1. The number of hydrogen-bond donors (Lipinski definition) is 1. The summed E-state index contributed by atoms with van der Waals surface area (Å²) in [5.41, 5.74) is 0.963. The molecule has 0 unspecified atom stereocenters. The fraction of sp³-hybridized carbons (Fsp3) is 0.400. The van der Waals surface area contributed by atoms with Gasteiger partial charge in [0, 0.05) is 24.0 Å². The molecular weight excluding hydrogens is 288 g/mol. The number of rotatable bonds is 6. The van der Waals surface area contributed by atoms with Crippen LogP contribution in [0.4, 0.5) is 0 Å². The van der Waals surface area contributed by atoms with E-state index in [1.807, 2.05) is 18.2 Å². The van der Waals surface area contributed by atoms with Gasteiger partial charge in [-0.3, -0.25) is 0 Å². The summed E-state index contributed by atoms with van der Waals surface area (Å²) in [7, 11) is 0. The Morgan fingerprint density at radius 3 is 3.10 bits per heavy atom. The molecule has 1 saturated carbocycles. The largest absolute Gasteiger partial charge is 0.487 e. The Balaban J connectivity index is 1.33. The minimum atomic E-state index is 0.280. The van der Waals surface area contributed by atoms with E-state index in [4.69, 9.17) is 14.2 Å². The third-order valence-electron chi connectivity index (χ3n) is 3.45. The van der Waals surface area contributed by atoms with E-state index in [9.17, 15) is 0 Å². The zero-order valence-electron chi connectivity index (χ0n) is 11.5. The number of nitrogens with one attached hydrogen (secondary N) is 1. The van der Waals surface area contributed by atoms with Crippen molar-refractivity contribution in [3.8, 4) is 17.2 Å². The molecule has 0 amide bonds. The lowest BCUT2D eigenvalue weighted by atomic mass is 10.3. The van der Waals surface area contributed by atoms with Crippen LogP contribution in [0.5, 0.6) is 17.2 Å². The molecule has 6 heteroatoms. The van der Waals surface area contributed by atoms with E-state index in [0.29, 0.717) is 12.6 Å². The highest BCUT2D eigenvalue weighted by atomic mass is 32.1. The Morgan fingerprint density at radius 2 is 2.19 bits per heavy atom. The van der Waals surface area contributed by atoms with Gasteiger partial charge in [-0.05, 0) is 25.0 Å². The lowest BCUT2D eigenvalue weighted by molar-refractivity contribution is 0.173. The molecule has 110 valence electrons. The van der Waals surface area contributed by atoms with Crippen LogP contribution < -0.4 is 19.5 Å². The molecule has 2 aliphatic rings. The molecule has 1 aromatic carbocycles. The monoisotopic (exact) mass is 304 g/mol. The molecule has 2 heterocycles. The van der Waals surface area contributed by atoms with Crippen molar-refractivity contribution in [2.24, 2.45) is 0 Å². The topological polar surface area (TPSA) is 52.6 Å². The van der Waals surface area contributed by atoms with Gasteiger partial charge in [0.05, 0.1) is 5.69 Å². The summed E-state index contributed by atoms with van der Waals surface area (Å²) in [6, 6.07) is 6.31. The molecule has 0 bridgehead atoms. The standard InChI is InChI=1S/C15H16N2O3S/c1-2-10(1)16-6-15-17-11(8-21-15)7-18-12-3-4-13-14(5-12)20-9-19-13/h3-5,8,10,16H,1-2,6-7,9H2. The normalized spacial score (nSPS) is 16.2. The van der Waals surface area contributed by atoms with Crippen LogP contribution in [0.2, 0.25) is 0 Å². The second kappa shape index (κ2) is 5.54. The zero-order chi connectivity index (χ0) is 14.1. The van der Waals surface area contributed by atoms with Crippen LogP contribution in [0.15, 0.2) is 23.6 Å². The van der Waals surface area contributed by atoms with Gasteiger partial charge in [0.25, 0.3) is 0 Å². The molecule has 1 fully saturated rings. The summed E-state index contributed by atoms with van der Waals surface area (Å²) < 4.78 is 16.4. The molecular formula is C15H16N2O3S. The Hall–Kier alpha value is -1.79. The molecule has 4 rings (SSSR count). The Bertz CT molecular complexity index is 640. The SMILES string of the molecule is c1cc2c(cc1OCc1csc(CNC3CC3)n1)OCO2. The van der Waals surface area contributed by atoms with Crippen LogP contribution in [0.3, 0.4) is 0 Å². The number of ether oxygens (including phenoxy) is 3. The van der Waals surface area contributed by atoms with Crippen LogP contribution >= 0.6 is 11.3 Å². The quantitative estimate of drug-likeness (QED) is 0.889. The molecule has 1 aliphatic heterocycles. The van der Waals surface area contributed by atoms with Gasteiger partial charge in [0.1, 0.15) is 17.4 Å². The Labute approximate surface area is 126 Å². The van der Waals surface area contributed by atoms with E-state index in [2.05, 4.69) is 15.7 Å². The number of thiazole rings is 1. The van der Waals surface area contributed by atoms with Gasteiger partial charge in [-0.2, -0.15) is 0 Å². The molecule has 0 atom stereocenters. The van der Waals surface area contributed by atoms with E-state index >= 15 is 0 Å². The van der Waals surface area contributed by atoms with Crippen molar-refractivity contribution in [1.29, 1.82) is 0 Å². The van der Waals surface area contributed by atoms with E-state index in [1.165, 1.54) is 12.8 Å². The maximum atomic E-state index is 5.76. The van der Waals surface area contributed by atoms with E-state index in [-0.39, 0.29) is 6.79 Å². The minimum absolute atomic E-state index is 0.280. The molecule has 1 aromatic heterocycles. The highest BCUT2D eigenvalue weighted by Gasteiger charge is 2.20. The van der Waals surface area contributed by atoms with E-state index in [0.717, 1.165) is 34.5 Å². The summed E-state index contributed by atoms with van der Waals surface area (Å²) >= 11 is 1.68. The van der Waals surface area contributed by atoms with Gasteiger partial charge < -0.3 is 19.5 Å². The van der Waals surface area contributed by atoms with Gasteiger partial charge in [-0.15, -0.1) is 11.3 Å². The maximum absolute atomic E-state index is 5.76. The fourth-order valence-electron chi connectivity index (χ4n) is 2.14. The van der Waals surface area contributed by atoms with Gasteiger partial charge in [-0.1, -0.05) is 0 Å². The minimum Gasteiger partial charge on any atom is -0.487 e. The predicted molar refractivity (Wildman–Crippen MR) is 78.9 cm³/mol. The van der Waals surface area contributed by atoms with Crippen LogP contribution in [-0.4, -0.2) is 17.8 Å². The molecule has 0 spiro atoms. The van der Waals surface area contributed by atoms with Crippen molar-refractivity contribution < 1.29 is 14.2 Å². The zero-order valence-corrected chi connectivity index (χ0v) is 12.3. The molecule has 0 radical (unpaired) electrons. The van der Waals surface area contributed by atoms with Crippen LogP contribution in [0, 0.1) is 0 Å². The summed E-state index contributed by atoms with van der Waals surface area (Å²) in [4.78, 5) is 4.57.